The lowest BCUT2D eigenvalue weighted by atomic mass is 10.0. The predicted molar refractivity (Wildman–Crippen MR) is 284 cm³/mol. The van der Waals surface area contributed by atoms with E-state index in [1.165, 1.54) is 103 Å². The third kappa shape index (κ3) is 51.6. The van der Waals surface area contributed by atoms with E-state index in [9.17, 15) is 14.4 Å². The second kappa shape index (κ2) is 54.2. The second-order valence-electron chi connectivity index (χ2n) is 18.1. The Morgan fingerprint density at radius 2 is 0.667 bits per heavy atom. The Kier molecular flexibility index (Phi) is 51.4. The van der Waals surface area contributed by atoms with Crippen molar-refractivity contribution in [2.45, 2.75) is 264 Å². The first-order valence-electron chi connectivity index (χ1n) is 27.6. The van der Waals surface area contributed by atoms with Gasteiger partial charge in [0.25, 0.3) is 0 Å². The standard InChI is InChI=1S/C60H102O6/c1-4-7-10-13-16-19-22-25-27-29-30-31-33-35-38-41-44-47-50-53-59(62)65-56-57(55-64-58(61)52-49-46-43-40-37-34-24-21-18-15-12-9-6-3)66-60(63)54-51-48-45-42-39-36-32-28-26-23-20-17-14-11-8-5-2/h7,9-10,12,15-16,18-19,21,24-25,27,30-31,57H,4-6,8,11,13-14,17,20,22-23,26,28-29,32-56H2,1-3H3/b10-7-,12-9-,18-15-,19-16-,24-21-,27-25-,31-30-. The van der Waals surface area contributed by atoms with Crippen molar-refractivity contribution in [2.24, 2.45) is 0 Å². The minimum Gasteiger partial charge on any atom is -0.462 e. The number of rotatable bonds is 49. The van der Waals surface area contributed by atoms with Gasteiger partial charge in [-0.3, -0.25) is 14.4 Å². The molecule has 0 bridgehead atoms. The van der Waals surface area contributed by atoms with Crippen LogP contribution in [0.25, 0.3) is 0 Å². The van der Waals surface area contributed by atoms with Crippen molar-refractivity contribution in [3.05, 3.63) is 85.1 Å². The highest BCUT2D eigenvalue weighted by Crippen LogP contribution is 2.16. The average Bonchev–Trinajstić information content (AvgIpc) is 3.31. The minimum atomic E-state index is -0.790. The first-order valence-corrected chi connectivity index (χ1v) is 27.6. The van der Waals surface area contributed by atoms with E-state index in [4.69, 9.17) is 14.2 Å². The summed E-state index contributed by atoms with van der Waals surface area (Å²) in [6, 6.07) is 0. The number of ether oxygens (including phenoxy) is 3. The fourth-order valence-corrected chi connectivity index (χ4v) is 7.61. The summed E-state index contributed by atoms with van der Waals surface area (Å²) >= 11 is 0. The van der Waals surface area contributed by atoms with Crippen LogP contribution in [0.15, 0.2) is 85.1 Å². The molecule has 0 radical (unpaired) electrons. The summed E-state index contributed by atoms with van der Waals surface area (Å²) in [5.41, 5.74) is 0. The Bertz CT molecular complexity index is 1290. The highest BCUT2D eigenvalue weighted by molar-refractivity contribution is 5.71. The van der Waals surface area contributed by atoms with Gasteiger partial charge >= 0.3 is 17.9 Å². The molecular weight excluding hydrogens is 817 g/mol. The van der Waals surface area contributed by atoms with Gasteiger partial charge in [0, 0.05) is 19.3 Å². The van der Waals surface area contributed by atoms with E-state index in [0.717, 1.165) is 116 Å². The zero-order valence-corrected chi connectivity index (χ0v) is 43.2. The Morgan fingerprint density at radius 1 is 0.333 bits per heavy atom. The van der Waals surface area contributed by atoms with Crippen LogP contribution in [0.5, 0.6) is 0 Å². The van der Waals surface area contributed by atoms with Crippen LogP contribution < -0.4 is 0 Å². The summed E-state index contributed by atoms with van der Waals surface area (Å²) in [5, 5.41) is 0. The predicted octanol–water partition coefficient (Wildman–Crippen LogP) is 18.4. The fourth-order valence-electron chi connectivity index (χ4n) is 7.61. The van der Waals surface area contributed by atoms with E-state index in [-0.39, 0.29) is 31.1 Å². The molecule has 0 fully saturated rings. The lowest BCUT2D eigenvalue weighted by Gasteiger charge is -2.18. The Labute approximate surface area is 407 Å². The van der Waals surface area contributed by atoms with Crippen LogP contribution in [0, 0.1) is 0 Å². The van der Waals surface area contributed by atoms with Crippen molar-refractivity contribution in [3.8, 4) is 0 Å². The van der Waals surface area contributed by atoms with E-state index in [1.807, 2.05) is 0 Å². The van der Waals surface area contributed by atoms with E-state index in [2.05, 4.69) is 106 Å². The Balaban J connectivity index is 4.40. The lowest BCUT2D eigenvalue weighted by molar-refractivity contribution is -0.167. The first kappa shape index (κ1) is 62.6. The van der Waals surface area contributed by atoms with Crippen LogP contribution in [-0.4, -0.2) is 37.2 Å². The molecule has 66 heavy (non-hydrogen) atoms. The number of carbonyl (C=O) groups is 3. The van der Waals surface area contributed by atoms with Crippen LogP contribution >= 0.6 is 0 Å². The summed E-state index contributed by atoms with van der Waals surface area (Å²) in [6.45, 7) is 6.38. The molecule has 0 aromatic heterocycles. The number of allylic oxidation sites excluding steroid dienone is 14. The monoisotopic (exact) mass is 919 g/mol. The average molecular weight is 919 g/mol. The molecule has 6 heteroatoms. The van der Waals surface area contributed by atoms with Gasteiger partial charge in [-0.05, 0) is 77.0 Å². The molecule has 1 unspecified atom stereocenters. The van der Waals surface area contributed by atoms with Gasteiger partial charge in [0.15, 0.2) is 6.10 Å². The molecule has 0 aromatic carbocycles. The van der Waals surface area contributed by atoms with Gasteiger partial charge in [-0.2, -0.15) is 0 Å². The van der Waals surface area contributed by atoms with Crippen molar-refractivity contribution in [3.63, 3.8) is 0 Å². The zero-order chi connectivity index (χ0) is 47.9. The molecule has 0 amide bonds. The largest absolute Gasteiger partial charge is 0.462 e. The summed E-state index contributed by atoms with van der Waals surface area (Å²) in [7, 11) is 0. The summed E-state index contributed by atoms with van der Waals surface area (Å²) < 4.78 is 16.8. The molecule has 6 nitrogen and oxygen atoms in total. The van der Waals surface area contributed by atoms with E-state index >= 15 is 0 Å². The fraction of sp³-hybridized carbons (Fsp3) is 0.717. The third-order valence-corrected chi connectivity index (χ3v) is 11.7. The molecule has 0 aliphatic heterocycles. The maximum absolute atomic E-state index is 12.8. The highest BCUT2D eigenvalue weighted by Gasteiger charge is 2.19. The molecule has 0 rings (SSSR count). The topological polar surface area (TPSA) is 78.9 Å². The number of unbranched alkanes of at least 4 members (excludes halogenated alkanes) is 26. The maximum atomic E-state index is 12.8. The number of hydrogen-bond donors (Lipinski definition) is 0. The molecule has 0 aliphatic carbocycles. The quantitative estimate of drug-likeness (QED) is 0.0199. The van der Waals surface area contributed by atoms with Crippen LogP contribution in [0.1, 0.15) is 258 Å². The number of esters is 3. The lowest BCUT2D eigenvalue weighted by Crippen LogP contribution is -2.30. The van der Waals surface area contributed by atoms with Gasteiger partial charge in [-0.15, -0.1) is 0 Å². The summed E-state index contributed by atoms with van der Waals surface area (Å²) in [4.78, 5) is 38.1. The van der Waals surface area contributed by atoms with Gasteiger partial charge < -0.3 is 14.2 Å². The molecule has 0 aromatic rings. The third-order valence-electron chi connectivity index (χ3n) is 11.7. The van der Waals surface area contributed by atoms with Crippen molar-refractivity contribution in [1.29, 1.82) is 0 Å². The van der Waals surface area contributed by atoms with Crippen molar-refractivity contribution in [1.82, 2.24) is 0 Å². The molecule has 0 spiro atoms. The molecule has 0 heterocycles. The zero-order valence-electron chi connectivity index (χ0n) is 43.2. The van der Waals surface area contributed by atoms with E-state index < -0.39 is 6.10 Å². The molecule has 0 saturated carbocycles. The maximum Gasteiger partial charge on any atom is 0.306 e. The molecule has 378 valence electrons. The second-order valence-corrected chi connectivity index (χ2v) is 18.1. The van der Waals surface area contributed by atoms with E-state index in [0.29, 0.717) is 19.3 Å². The van der Waals surface area contributed by atoms with Crippen LogP contribution in [0.2, 0.25) is 0 Å². The van der Waals surface area contributed by atoms with Gasteiger partial charge in [0.05, 0.1) is 0 Å². The van der Waals surface area contributed by atoms with Gasteiger partial charge in [0.2, 0.25) is 0 Å². The molecule has 0 N–H and O–H groups in total. The number of carbonyl (C=O) groups excluding carboxylic acids is 3. The SMILES string of the molecule is CC\C=C/C=C\C=C/CCCCCCCC(=O)OCC(COC(=O)CCCCCCCC/C=C\C/C=C\C/C=C\C/C=C\CC)OC(=O)CCCCCCCCCCCCCCCCCC. The van der Waals surface area contributed by atoms with Crippen molar-refractivity contribution < 1.29 is 28.6 Å². The van der Waals surface area contributed by atoms with Crippen LogP contribution in [0.3, 0.4) is 0 Å². The van der Waals surface area contributed by atoms with Crippen molar-refractivity contribution in [2.75, 3.05) is 13.2 Å². The van der Waals surface area contributed by atoms with Crippen LogP contribution in [-0.2, 0) is 28.6 Å². The van der Waals surface area contributed by atoms with Gasteiger partial charge in [-0.1, -0.05) is 247 Å². The molecule has 0 aliphatic rings. The number of hydrogen-bond acceptors (Lipinski definition) is 6. The Morgan fingerprint density at radius 3 is 1.09 bits per heavy atom. The van der Waals surface area contributed by atoms with Gasteiger partial charge in [-0.25, -0.2) is 0 Å². The van der Waals surface area contributed by atoms with Gasteiger partial charge in [0.1, 0.15) is 13.2 Å². The molecule has 0 saturated heterocycles. The minimum absolute atomic E-state index is 0.0895. The summed E-state index contributed by atoms with van der Waals surface area (Å²) in [6.07, 6.45) is 70.0. The van der Waals surface area contributed by atoms with Crippen molar-refractivity contribution >= 4 is 17.9 Å². The Hall–Kier alpha value is -3.41. The molecular formula is C60H102O6. The summed E-state index contributed by atoms with van der Waals surface area (Å²) in [5.74, 6) is -0.917. The van der Waals surface area contributed by atoms with E-state index in [1.54, 1.807) is 0 Å². The smallest absolute Gasteiger partial charge is 0.306 e. The first-order chi connectivity index (χ1) is 32.5. The van der Waals surface area contributed by atoms with Crippen LogP contribution in [0.4, 0.5) is 0 Å². The normalized spacial score (nSPS) is 12.7. The highest BCUT2D eigenvalue weighted by atomic mass is 16.6. The molecule has 1 atom stereocenters.